The van der Waals surface area contributed by atoms with E-state index in [9.17, 15) is 4.79 Å². The van der Waals surface area contributed by atoms with Gasteiger partial charge in [0.25, 0.3) is 5.91 Å². The number of rotatable bonds is 3. The summed E-state index contributed by atoms with van der Waals surface area (Å²) in [6, 6.07) is 5.39. The van der Waals surface area contributed by atoms with Crippen LogP contribution in [0, 0.1) is 0 Å². The molecule has 0 aromatic heterocycles. The fraction of sp³-hybridized carbons (Fsp3) is 0.500. The number of halogens is 2. The maximum atomic E-state index is 12.4. The zero-order chi connectivity index (χ0) is 14.3. The molecule has 3 rings (SSSR count). The van der Waals surface area contributed by atoms with Crippen LogP contribution in [0.4, 0.5) is 0 Å². The Morgan fingerprint density at radius 2 is 2.30 bits per heavy atom. The average Bonchev–Trinajstić information content (AvgIpc) is 3.03. The zero-order valence-electron chi connectivity index (χ0n) is 11.0. The van der Waals surface area contributed by atoms with Gasteiger partial charge in [-0.1, -0.05) is 23.2 Å². The third-order valence-corrected chi connectivity index (χ3v) is 5.65. The van der Waals surface area contributed by atoms with Crippen LogP contribution >= 0.6 is 35.0 Å². The summed E-state index contributed by atoms with van der Waals surface area (Å²) in [6.07, 6.45) is 0.586. The van der Waals surface area contributed by atoms with E-state index < -0.39 is 6.10 Å². The smallest absolute Gasteiger partial charge is 0.263 e. The van der Waals surface area contributed by atoms with Gasteiger partial charge in [-0.15, -0.1) is 0 Å². The lowest BCUT2D eigenvalue weighted by molar-refractivity contribution is -0.138. The van der Waals surface area contributed by atoms with Crippen molar-refractivity contribution >= 4 is 40.9 Å². The molecular formula is C14H15Cl2NO2S. The summed E-state index contributed by atoms with van der Waals surface area (Å²) in [5.41, 5.74) is 0. The third kappa shape index (κ3) is 2.74. The van der Waals surface area contributed by atoms with E-state index >= 15 is 0 Å². The summed E-state index contributed by atoms with van der Waals surface area (Å²) < 4.78 is 5.69. The molecule has 0 saturated carbocycles. The lowest BCUT2D eigenvalue weighted by Gasteiger charge is -2.29. The summed E-state index contributed by atoms with van der Waals surface area (Å²) in [5, 5.41) is 1.58. The molecule has 0 aliphatic carbocycles. The van der Waals surface area contributed by atoms with Gasteiger partial charge in [0.2, 0.25) is 0 Å². The number of carbonyl (C=O) groups is 1. The number of fused-ring (bicyclic) bond motifs is 2. The first-order valence-corrected chi connectivity index (χ1v) is 8.39. The fourth-order valence-electron chi connectivity index (χ4n) is 2.71. The van der Waals surface area contributed by atoms with Gasteiger partial charge in [0.15, 0.2) is 6.10 Å². The highest BCUT2D eigenvalue weighted by Gasteiger charge is 2.42. The minimum Gasteiger partial charge on any atom is -0.479 e. The van der Waals surface area contributed by atoms with Crippen LogP contribution in [0.2, 0.25) is 10.0 Å². The minimum absolute atomic E-state index is 0.0452. The predicted octanol–water partition coefficient (Wildman–Crippen LogP) is 3.48. The first-order chi connectivity index (χ1) is 9.54. The Kier molecular flexibility index (Phi) is 4.07. The molecule has 3 nitrogen and oxygen atoms in total. The van der Waals surface area contributed by atoms with E-state index in [1.54, 1.807) is 25.1 Å². The molecule has 108 valence electrons. The molecule has 2 fully saturated rings. The van der Waals surface area contributed by atoms with Crippen LogP contribution in [0.3, 0.4) is 0 Å². The summed E-state index contributed by atoms with van der Waals surface area (Å²) in [6.45, 7) is 2.61. The van der Waals surface area contributed by atoms with Crippen LogP contribution in [-0.2, 0) is 4.79 Å². The summed E-state index contributed by atoms with van der Waals surface area (Å²) >= 11 is 13.9. The molecule has 3 atom stereocenters. The molecule has 0 radical (unpaired) electrons. The first kappa shape index (κ1) is 14.4. The summed E-state index contributed by atoms with van der Waals surface area (Å²) in [5.74, 6) is 1.59. The van der Waals surface area contributed by atoms with E-state index in [1.807, 2.05) is 16.7 Å². The van der Waals surface area contributed by atoms with Gasteiger partial charge in [-0.3, -0.25) is 4.79 Å². The number of likely N-dealkylation sites (tertiary alicyclic amines) is 1. The molecule has 2 aliphatic rings. The fourth-order valence-corrected chi connectivity index (χ4v) is 4.60. The monoisotopic (exact) mass is 331 g/mol. The van der Waals surface area contributed by atoms with Crippen molar-refractivity contribution < 1.29 is 9.53 Å². The van der Waals surface area contributed by atoms with Gasteiger partial charge in [0.05, 0.1) is 5.02 Å². The topological polar surface area (TPSA) is 29.5 Å². The maximum Gasteiger partial charge on any atom is 0.263 e. The van der Waals surface area contributed by atoms with E-state index in [2.05, 4.69) is 0 Å². The number of amides is 1. The lowest BCUT2D eigenvalue weighted by Crippen LogP contribution is -2.45. The second-order valence-electron chi connectivity index (χ2n) is 5.17. The Morgan fingerprint density at radius 3 is 2.90 bits per heavy atom. The van der Waals surface area contributed by atoms with E-state index in [-0.39, 0.29) is 5.91 Å². The van der Waals surface area contributed by atoms with Gasteiger partial charge >= 0.3 is 0 Å². The Labute approximate surface area is 132 Å². The van der Waals surface area contributed by atoms with Crippen LogP contribution < -0.4 is 4.74 Å². The van der Waals surface area contributed by atoms with Crippen molar-refractivity contribution in [1.29, 1.82) is 0 Å². The molecule has 2 heterocycles. The molecule has 20 heavy (non-hydrogen) atoms. The third-order valence-electron chi connectivity index (χ3n) is 3.73. The maximum absolute atomic E-state index is 12.4. The summed E-state index contributed by atoms with van der Waals surface area (Å²) in [7, 11) is 0. The molecule has 2 bridgehead atoms. The minimum atomic E-state index is -0.530. The van der Waals surface area contributed by atoms with Crippen LogP contribution in [0.1, 0.15) is 13.3 Å². The zero-order valence-corrected chi connectivity index (χ0v) is 13.3. The van der Waals surface area contributed by atoms with Crippen LogP contribution in [0.25, 0.3) is 0 Å². The van der Waals surface area contributed by atoms with E-state index in [1.165, 1.54) is 0 Å². The van der Waals surface area contributed by atoms with Crippen molar-refractivity contribution in [2.45, 2.75) is 30.7 Å². The van der Waals surface area contributed by atoms with Crippen molar-refractivity contribution in [2.75, 3.05) is 12.3 Å². The number of carbonyl (C=O) groups excluding carboxylic acids is 1. The molecule has 1 aromatic carbocycles. The van der Waals surface area contributed by atoms with Gasteiger partial charge in [0, 0.05) is 28.6 Å². The van der Waals surface area contributed by atoms with Crippen molar-refractivity contribution in [3.05, 3.63) is 28.2 Å². The molecular weight excluding hydrogens is 317 g/mol. The largest absolute Gasteiger partial charge is 0.479 e. The number of hydrogen-bond donors (Lipinski definition) is 0. The van der Waals surface area contributed by atoms with E-state index in [0.717, 1.165) is 18.7 Å². The highest BCUT2D eigenvalue weighted by Crippen LogP contribution is 2.38. The van der Waals surface area contributed by atoms with Crippen molar-refractivity contribution in [2.24, 2.45) is 0 Å². The standard InChI is InChI=1S/C14H15Cl2NO2S/c1-8(19-13-3-2-9(15)4-12(13)16)14(18)17-6-11-5-10(17)7-20-11/h2-4,8,10-11H,5-7H2,1H3/t8-,10+,11-/m1/s1. The Balaban J connectivity index is 1.66. The Bertz CT molecular complexity index is 540. The molecule has 0 spiro atoms. The van der Waals surface area contributed by atoms with Crippen molar-refractivity contribution in [3.8, 4) is 5.75 Å². The van der Waals surface area contributed by atoms with Gasteiger partial charge in [0.1, 0.15) is 5.75 Å². The SMILES string of the molecule is C[C@@H](Oc1ccc(Cl)cc1Cl)C(=O)N1C[C@H]2C[C@H]1CS2. The first-order valence-electron chi connectivity index (χ1n) is 6.58. The van der Waals surface area contributed by atoms with Gasteiger partial charge in [-0.05, 0) is 31.5 Å². The normalized spacial score (nSPS) is 25.9. The Hall–Kier alpha value is -0.580. The number of nitrogens with zero attached hydrogens (tertiary/aromatic N) is 1. The van der Waals surface area contributed by atoms with E-state index in [4.69, 9.17) is 27.9 Å². The second kappa shape index (κ2) is 5.66. The van der Waals surface area contributed by atoms with Crippen molar-refractivity contribution in [1.82, 2.24) is 4.90 Å². The van der Waals surface area contributed by atoms with Crippen molar-refractivity contribution in [3.63, 3.8) is 0 Å². The number of thioether (sulfide) groups is 1. The molecule has 2 saturated heterocycles. The predicted molar refractivity (Wildman–Crippen MR) is 82.9 cm³/mol. The van der Waals surface area contributed by atoms with Crippen LogP contribution in [0.5, 0.6) is 5.75 Å². The number of ether oxygens (including phenoxy) is 1. The molecule has 0 N–H and O–H groups in total. The van der Waals surface area contributed by atoms with E-state index in [0.29, 0.717) is 27.1 Å². The summed E-state index contributed by atoms with van der Waals surface area (Å²) in [4.78, 5) is 14.4. The highest BCUT2D eigenvalue weighted by atomic mass is 35.5. The number of hydrogen-bond acceptors (Lipinski definition) is 3. The highest BCUT2D eigenvalue weighted by molar-refractivity contribution is 8.00. The van der Waals surface area contributed by atoms with Crippen LogP contribution in [-0.4, -0.2) is 40.5 Å². The lowest BCUT2D eigenvalue weighted by atomic mass is 10.2. The molecule has 0 unspecified atom stereocenters. The average molecular weight is 332 g/mol. The number of benzene rings is 1. The quantitative estimate of drug-likeness (QED) is 0.849. The van der Waals surface area contributed by atoms with Gasteiger partial charge in [-0.25, -0.2) is 0 Å². The second-order valence-corrected chi connectivity index (χ2v) is 7.35. The molecule has 1 amide bonds. The molecule has 6 heteroatoms. The Morgan fingerprint density at radius 1 is 1.50 bits per heavy atom. The van der Waals surface area contributed by atoms with Gasteiger partial charge < -0.3 is 9.64 Å². The van der Waals surface area contributed by atoms with Crippen LogP contribution in [0.15, 0.2) is 18.2 Å². The molecule has 2 aliphatic heterocycles. The van der Waals surface area contributed by atoms with Gasteiger partial charge in [-0.2, -0.15) is 11.8 Å². The molecule has 1 aromatic rings.